The molecule has 1 aromatic heterocycles. The number of benzene rings is 1. The molecule has 3 rings (SSSR count). The molecule has 8 heteroatoms. The van der Waals surface area contributed by atoms with Crippen LogP contribution < -0.4 is 5.32 Å². The summed E-state index contributed by atoms with van der Waals surface area (Å²) in [6, 6.07) is 5.42. The molecule has 0 aliphatic carbocycles. The number of ether oxygens (including phenoxy) is 1. The van der Waals surface area contributed by atoms with Gasteiger partial charge in [-0.15, -0.1) is 0 Å². The van der Waals surface area contributed by atoms with Crippen molar-refractivity contribution in [2.45, 2.75) is 32.2 Å². The molecule has 0 radical (unpaired) electrons. The van der Waals surface area contributed by atoms with E-state index in [1.807, 2.05) is 18.2 Å². The van der Waals surface area contributed by atoms with Gasteiger partial charge in [0.1, 0.15) is 5.58 Å². The number of esters is 1. The number of aryl methyl sites for hydroxylation is 1. The molecule has 1 fully saturated rings. The first-order valence-electron chi connectivity index (χ1n) is 8.50. The van der Waals surface area contributed by atoms with Crippen molar-refractivity contribution >= 4 is 32.7 Å². The summed E-state index contributed by atoms with van der Waals surface area (Å²) in [5.74, 6) is -1.02. The minimum atomic E-state index is -3.07. The number of carbonyl (C=O) groups excluding carboxylic acids is 2. The predicted molar refractivity (Wildman–Crippen MR) is 95.5 cm³/mol. The van der Waals surface area contributed by atoms with Gasteiger partial charge in [0, 0.05) is 17.0 Å². The Morgan fingerprint density at radius 3 is 2.85 bits per heavy atom. The highest BCUT2D eigenvalue weighted by atomic mass is 32.2. The molecule has 26 heavy (non-hydrogen) atoms. The first kappa shape index (κ1) is 18.4. The van der Waals surface area contributed by atoms with E-state index in [2.05, 4.69) is 12.2 Å². The number of hydrogen-bond donors (Lipinski definition) is 1. The van der Waals surface area contributed by atoms with E-state index in [0.29, 0.717) is 17.6 Å². The Balaban J connectivity index is 1.50. The second-order valence-corrected chi connectivity index (χ2v) is 8.68. The van der Waals surface area contributed by atoms with Crippen LogP contribution in [0.5, 0.6) is 0 Å². The third-order valence-electron chi connectivity index (χ3n) is 4.42. The monoisotopic (exact) mass is 379 g/mol. The van der Waals surface area contributed by atoms with Gasteiger partial charge in [0.25, 0.3) is 5.91 Å². The molecule has 1 aromatic carbocycles. The van der Waals surface area contributed by atoms with Gasteiger partial charge < -0.3 is 14.5 Å². The Morgan fingerprint density at radius 2 is 2.15 bits per heavy atom. The van der Waals surface area contributed by atoms with E-state index in [9.17, 15) is 18.0 Å². The number of carbonyl (C=O) groups is 2. The molecule has 0 spiro atoms. The average molecular weight is 379 g/mol. The van der Waals surface area contributed by atoms with Crippen LogP contribution in [-0.4, -0.2) is 44.4 Å². The fraction of sp³-hybridized carbons (Fsp3) is 0.444. The first-order valence-corrected chi connectivity index (χ1v) is 10.3. The van der Waals surface area contributed by atoms with Crippen molar-refractivity contribution in [2.24, 2.45) is 0 Å². The van der Waals surface area contributed by atoms with E-state index in [1.54, 1.807) is 0 Å². The summed E-state index contributed by atoms with van der Waals surface area (Å²) in [6.07, 6.45) is 2.81. The molecule has 1 saturated heterocycles. The second-order valence-electron chi connectivity index (χ2n) is 6.45. The molecule has 1 N–H and O–H groups in total. The number of nitrogens with one attached hydrogen (secondary N) is 1. The topological polar surface area (TPSA) is 103 Å². The van der Waals surface area contributed by atoms with Crippen LogP contribution in [-0.2, 0) is 37.0 Å². The summed E-state index contributed by atoms with van der Waals surface area (Å²) >= 11 is 0. The number of sulfone groups is 1. The molecule has 7 nitrogen and oxygen atoms in total. The quantitative estimate of drug-likeness (QED) is 0.761. The highest BCUT2D eigenvalue weighted by Gasteiger charge is 2.29. The summed E-state index contributed by atoms with van der Waals surface area (Å²) < 4.78 is 33.2. The summed E-state index contributed by atoms with van der Waals surface area (Å²) in [5.41, 5.74) is 2.56. The molecular weight excluding hydrogens is 358 g/mol. The fourth-order valence-corrected chi connectivity index (χ4v) is 4.69. The lowest BCUT2D eigenvalue weighted by molar-refractivity contribution is -0.148. The molecule has 140 valence electrons. The Morgan fingerprint density at radius 1 is 1.35 bits per heavy atom. The van der Waals surface area contributed by atoms with Gasteiger partial charge in [-0.2, -0.15) is 0 Å². The van der Waals surface area contributed by atoms with Crippen molar-refractivity contribution in [3.63, 3.8) is 0 Å². The SMILES string of the molecule is CCc1ccc2c(CC(=O)OCC(=O)N[C@@H]3CCS(=O)(=O)C3)coc2c1. The smallest absolute Gasteiger partial charge is 0.310 e. The zero-order valence-electron chi connectivity index (χ0n) is 14.5. The van der Waals surface area contributed by atoms with Crippen LogP contribution in [0.3, 0.4) is 0 Å². The minimum Gasteiger partial charge on any atom is -0.464 e. The van der Waals surface area contributed by atoms with Crippen LogP contribution in [0.1, 0.15) is 24.5 Å². The maximum Gasteiger partial charge on any atom is 0.310 e. The molecule has 0 bridgehead atoms. The Hall–Kier alpha value is -2.35. The van der Waals surface area contributed by atoms with Crippen molar-refractivity contribution in [3.05, 3.63) is 35.6 Å². The summed E-state index contributed by atoms with van der Waals surface area (Å²) in [6.45, 7) is 1.62. The molecule has 2 aromatic rings. The molecule has 1 aliphatic rings. The molecule has 0 unspecified atom stereocenters. The van der Waals surface area contributed by atoms with Crippen molar-refractivity contribution < 1.29 is 27.2 Å². The van der Waals surface area contributed by atoms with Crippen LogP contribution in [0.4, 0.5) is 0 Å². The maximum atomic E-state index is 12.0. The van der Waals surface area contributed by atoms with Gasteiger partial charge in [-0.25, -0.2) is 8.42 Å². The number of furan rings is 1. The lowest BCUT2D eigenvalue weighted by atomic mass is 10.1. The molecule has 1 aliphatic heterocycles. The zero-order valence-corrected chi connectivity index (χ0v) is 15.3. The molecule has 1 amide bonds. The zero-order chi connectivity index (χ0) is 18.7. The molecule has 1 atom stereocenters. The Labute approximate surface area is 151 Å². The van der Waals surface area contributed by atoms with E-state index in [4.69, 9.17) is 9.15 Å². The average Bonchev–Trinajstić information content (AvgIpc) is 3.15. The van der Waals surface area contributed by atoms with Gasteiger partial charge in [0.05, 0.1) is 24.2 Å². The summed E-state index contributed by atoms with van der Waals surface area (Å²) in [7, 11) is -3.07. The third kappa shape index (κ3) is 4.43. The predicted octanol–water partition coefficient (Wildman–Crippen LogP) is 1.38. The summed E-state index contributed by atoms with van der Waals surface area (Å²) in [5, 5.41) is 3.42. The van der Waals surface area contributed by atoms with Gasteiger partial charge in [-0.3, -0.25) is 9.59 Å². The highest BCUT2D eigenvalue weighted by Crippen LogP contribution is 2.23. The standard InChI is InChI=1S/C18H21NO6S/c1-2-12-3-4-15-13(9-24-16(15)7-12)8-18(21)25-10-17(20)19-14-5-6-26(22,23)11-14/h3-4,7,9,14H,2,5-6,8,10-11H2,1H3,(H,19,20)/t14-/m1/s1. The number of amides is 1. The lowest BCUT2D eigenvalue weighted by Crippen LogP contribution is -2.38. The van der Waals surface area contributed by atoms with Crippen LogP contribution in [0, 0.1) is 0 Å². The Bertz CT molecular complexity index is 930. The molecule has 0 saturated carbocycles. The summed E-state index contributed by atoms with van der Waals surface area (Å²) in [4.78, 5) is 23.8. The van der Waals surface area contributed by atoms with E-state index in [1.165, 1.54) is 6.26 Å². The second kappa shape index (κ2) is 7.49. The number of hydrogen-bond acceptors (Lipinski definition) is 6. The lowest BCUT2D eigenvalue weighted by Gasteiger charge is -2.10. The number of fused-ring (bicyclic) bond motifs is 1. The van der Waals surface area contributed by atoms with Gasteiger partial charge in [-0.05, 0) is 24.5 Å². The molecular formula is C18H21NO6S. The van der Waals surface area contributed by atoms with Crippen LogP contribution in [0.15, 0.2) is 28.9 Å². The van der Waals surface area contributed by atoms with E-state index >= 15 is 0 Å². The molecule has 2 heterocycles. The third-order valence-corrected chi connectivity index (χ3v) is 6.19. The van der Waals surface area contributed by atoms with Crippen LogP contribution in [0.2, 0.25) is 0 Å². The highest BCUT2D eigenvalue weighted by molar-refractivity contribution is 7.91. The van der Waals surface area contributed by atoms with Gasteiger partial charge in [-0.1, -0.05) is 19.1 Å². The van der Waals surface area contributed by atoms with Crippen molar-refractivity contribution in [1.29, 1.82) is 0 Å². The Kier molecular flexibility index (Phi) is 5.31. The van der Waals surface area contributed by atoms with E-state index in [0.717, 1.165) is 17.4 Å². The van der Waals surface area contributed by atoms with Crippen LogP contribution >= 0.6 is 0 Å². The van der Waals surface area contributed by atoms with Gasteiger partial charge in [0.2, 0.25) is 0 Å². The largest absolute Gasteiger partial charge is 0.464 e. The number of rotatable bonds is 6. The maximum absolute atomic E-state index is 12.0. The first-order chi connectivity index (χ1) is 12.4. The fourth-order valence-electron chi connectivity index (χ4n) is 3.02. The normalized spacial score (nSPS) is 18.7. The minimum absolute atomic E-state index is 0.00353. The van der Waals surface area contributed by atoms with Crippen LogP contribution in [0.25, 0.3) is 11.0 Å². The van der Waals surface area contributed by atoms with Crippen molar-refractivity contribution in [3.8, 4) is 0 Å². The van der Waals surface area contributed by atoms with Crippen molar-refractivity contribution in [2.75, 3.05) is 18.1 Å². The van der Waals surface area contributed by atoms with Gasteiger partial charge >= 0.3 is 5.97 Å². The van der Waals surface area contributed by atoms with Gasteiger partial charge in [0.15, 0.2) is 16.4 Å². The van der Waals surface area contributed by atoms with E-state index in [-0.39, 0.29) is 17.9 Å². The van der Waals surface area contributed by atoms with Crippen molar-refractivity contribution in [1.82, 2.24) is 5.32 Å². The van der Waals surface area contributed by atoms with E-state index < -0.39 is 34.4 Å².